The van der Waals surface area contributed by atoms with Crippen LogP contribution in [0.15, 0.2) is 40.0 Å². The van der Waals surface area contributed by atoms with Gasteiger partial charge in [-0.1, -0.05) is 6.07 Å². The van der Waals surface area contributed by atoms with Crippen LogP contribution in [-0.4, -0.2) is 21.6 Å². The summed E-state index contributed by atoms with van der Waals surface area (Å²) < 4.78 is 29.7. The molecule has 0 fully saturated rings. The summed E-state index contributed by atoms with van der Waals surface area (Å²) in [4.78, 5) is 4.83. The Balaban J connectivity index is 0.00000192. The van der Waals surface area contributed by atoms with E-state index in [1.807, 2.05) is 0 Å². The van der Waals surface area contributed by atoms with E-state index in [0.717, 1.165) is 0 Å². The third kappa shape index (κ3) is 3.15. The van der Waals surface area contributed by atoms with Gasteiger partial charge in [-0.25, -0.2) is 13.8 Å². The highest BCUT2D eigenvalue weighted by atomic mass is 35.5. The molecule has 10 heteroatoms. The minimum absolute atomic E-state index is 0. The molecule has 2 heterocycles. The molecule has 0 bridgehead atoms. The molecule has 0 saturated heterocycles. The first kappa shape index (κ1) is 16.8. The average molecular weight is 357 g/mol. The van der Waals surface area contributed by atoms with E-state index in [9.17, 15) is 8.78 Å². The zero-order valence-electron chi connectivity index (χ0n) is 11.5. The molecule has 2 aromatic heterocycles. The van der Waals surface area contributed by atoms with Gasteiger partial charge in [0.2, 0.25) is 5.96 Å². The van der Waals surface area contributed by atoms with E-state index in [4.69, 9.17) is 11.5 Å². The van der Waals surface area contributed by atoms with Gasteiger partial charge in [0.1, 0.15) is 17.3 Å². The van der Waals surface area contributed by atoms with Crippen LogP contribution < -0.4 is 11.5 Å². The molecule has 3 rings (SSSR count). The number of hydrogen-bond acceptors (Lipinski definition) is 4. The van der Waals surface area contributed by atoms with Gasteiger partial charge in [-0.3, -0.25) is 4.40 Å². The predicted octanol–water partition coefficient (Wildman–Crippen LogP) is 2.37. The Kier molecular flexibility index (Phi) is 4.92. The topological polar surface area (TPSA) is 94.1 Å². The smallest absolute Gasteiger partial charge is 0.211 e. The normalized spacial score (nSPS) is 10.9. The molecule has 6 nitrogen and oxygen atoms in total. The van der Waals surface area contributed by atoms with Crippen molar-refractivity contribution in [1.29, 1.82) is 0 Å². The van der Waals surface area contributed by atoms with E-state index in [1.165, 1.54) is 35.8 Å². The summed E-state index contributed by atoms with van der Waals surface area (Å²) in [7, 11) is 0. The Morgan fingerprint density at radius 2 is 1.96 bits per heavy atom. The summed E-state index contributed by atoms with van der Waals surface area (Å²) in [6.45, 7) is 0. The van der Waals surface area contributed by atoms with Crippen molar-refractivity contribution in [3.8, 4) is 11.3 Å². The maximum atomic E-state index is 14.0. The maximum Gasteiger partial charge on any atom is 0.211 e. The number of fused-ring (bicyclic) bond motifs is 1. The van der Waals surface area contributed by atoms with Crippen molar-refractivity contribution in [3.05, 3.63) is 47.1 Å². The highest BCUT2D eigenvalue weighted by Crippen LogP contribution is 2.29. The lowest BCUT2D eigenvalue weighted by molar-refractivity contribution is 0.589. The van der Waals surface area contributed by atoms with Gasteiger partial charge in [0.05, 0.1) is 17.5 Å². The quantitative estimate of drug-likeness (QED) is 0.428. The molecular formula is C13H11ClF2N6S. The molecule has 0 saturated carbocycles. The minimum Gasteiger partial charge on any atom is -0.369 e. The summed E-state index contributed by atoms with van der Waals surface area (Å²) in [6.07, 6.45) is 3.01. The zero-order valence-corrected chi connectivity index (χ0v) is 13.1. The van der Waals surface area contributed by atoms with Crippen molar-refractivity contribution in [2.75, 3.05) is 0 Å². The van der Waals surface area contributed by atoms with Crippen molar-refractivity contribution in [1.82, 2.24) is 9.38 Å². The molecule has 1 aromatic carbocycles. The van der Waals surface area contributed by atoms with E-state index in [-0.39, 0.29) is 29.6 Å². The average Bonchev–Trinajstić information content (AvgIpc) is 3.01. The van der Waals surface area contributed by atoms with Crippen LogP contribution in [0.5, 0.6) is 0 Å². The molecule has 23 heavy (non-hydrogen) atoms. The van der Waals surface area contributed by atoms with Gasteiger partial charge in [-0.05, 0) is 12.1 Å². The van der Waals surface area contributed by atoms with E-state index in [2.05, 4.69) is 15.2 Å². The lowest BCUT2D eigenvalue weighted by Crippen LogP contribution is -2.21. The van der Waals surface area contributed by atoms with Crippen LogP contribution in [0, 0.1) is 11.6 Å². The van der Waals surface area contributed by atoms with Gasteiger partial charge >= 0.3 is 0 Å². The summed E-state index contributed by atoms with van der Waals surface area (Å²) >= 11 is 1.33. The van der Waals surface area contributed by atoms with E-state index in [1.54, 1.807) is 16.0 Å². The second kappa shape index (κ2) is 6.71. The van der Waals surface area contributed by atoms with E-state index >= 15 is 0 Å². The number of thiazole rings is 1. The fourth-order valence-corrected chi connectivity index (χ4v) is 2.71. The third-order valence-corrected chi connectivity index (χ3v) is 3.61. The van der Waals surface area contributed by atoms with Crippen LogP contribution in [0.1, 0.15) is 5.69 Å². The Hall–Kier alpha value is -2.52. The molecule has 0 radical (unpaired) electrons. The number of benzene rings is 1. The first-order valence-electron chi connectivity index (χ1n) is 6.10. The Morgan fingerprint density at radius 3 is 2.61 bits per heavy atom. The maximum absolute atomic E-state index is 14.0. The number of guanidine groups is 1. The second-order valence-electron chi connectivity index (χ2n) is 4.27. The first-order chi connectivity index (χ1) is 10.6. The van der Waals surface area contributed by atoms with Crippen LogP contribution in [0.4, 0.5) is 8.78 Å². The lowest BCUT2D eigenvalue weighted by atomic mass is 10.1. The fourth-order valence-electron chi connectivity index (χ4n) is 1.98. The second-order valence-corrected chi connectivity index (χ2v) is 5.14. The summed E-state index contributed by atoms with van der Waals surface area (Å²) in [6, 6.07) is 3.63. The summed E-state index contributed by atoms with van der Waals surface area (Å²) in [5, 5.41) is 8.98. The Labute approximate surface area is 139 Å². The van der Waals surface area contributed by atoms with Crippen molar-refractivity contribution < 1.29 is 8.78 Å². The van der Waals surface area contributed by atoms with Gasteiger partial charge in [0, 0.05) is 11.6 Å². The fraction of sp³-hybridized carbons (Fsp3) is 0. The standard InChI is InChI=1S/C13H10F2N6S.ClH/c14-7-2-1-3-8(15)10(7)11-9(6-18-20-12(16)17)21-4-5-22-13(21)19-11;/h1-6H,(H4,16,17,20);1H/b18-6+;. The monoisotopic (exact) mass is 356 g/mol. The predicted molar refractivity (Wildman–Crippen MR) is 89.1 cm³/mol. The van der Waals surface area contributed by atoms with Crippen LogP contribution >= 0.6 is 23.7 Å². The summed E-state index contributed by atoms with van der Waals surface area (Å²) in [5.74, 6) is -1.63. The van der Waals surface area contributed by atoms with Crippen LogP contribution in [0.3, 0.4) is 0 Å². The lowest BCUT2D eigenvalue weighted by Gasteiger charge is -2.03. The van der Waals surface area contributed by atoms with Crippen LogP contribution in [0.2, 0.25) is 0 Å². The molecule has 0 aliphatic carbocycles. The van der Waals surface area contributed by atoms with Crippen molar-refractivity contribution in [2.45, 2.75) is 0 Å². The minimum atomic E-state index is -0.706. The highest BCUT2D eigenvalue weighted by molar-refractivity contribution is 7.15. The molecular weight excluding hydrogens is 346 g/mol. The van der Waals surface area contributed by atoms with Gasteiger partial charge < -0.3 is 11.5 Å². The Bertz CT molecular complexity index is 877. The van der Waals surface area contributed by atoms with Crippen molar-refractivity contribution >= 4 is 40.9 Å². The van der Waals surface area contributed by atoms with E-state index in [0.29, 0.717) is 10.7 Å². The van der Waals surface area contributed by atoms with Gasteiger partial charge in [0.25, 0.3) is 0 Å². The highest BCUT2D eigenvalue weighted by Gasteiger charge is 2.20. The number of rotatable bonds is 3. The summed E-state index contributed by atoms with van der Waals surface area (Å²) in [5.41, 5.74) is 10.7. The number of halogens is 3. The molecule has 0 amide bonds. The molecule has 0 unspecified atom stereocenters. The van der Waals surface area contributed by atoms with Gasteiger partial charge in [-0.15, -0.1) is 28.8 Å². The number of aromatic nitrogens is 2. The molecule has 120 valence electrons. The first-order valence-corrected chi connectivity index (χ1v) is 6.98. The van der Waals surface area contributed by atoms with E-state index < -0.39 is 11.6 Å². The van der Waals surface area contributed by atoms with Crippen molar-refractivity contribution in [3.63, 3.8) is 0 Å². The molecule has 3 aromatic rings. The SMILES string of the molecule is Cl.NC(N)=N/N=C/c1c(-c2c(F)cccc2F)nc2sccn12. The molecule has 0 atom stereocenters. The molecule has 0 aliphatic rings. The molecule has 0 spiro atoms. The Morgan fingerprint density at radius 1 is 1.26 bits per heavy atom. The molecule has 0 aliphatic heterocycles. The largest absolute Gasteiger partial charge is 0.369 e. The van der Waals surface area contributed by atoms with Gasteiger partial charge in [-0.2, -0.15) is 5.10 Å². The van der Waals surface area contributed by atoms with Crippen LogP contribution in [0.25, 0.3) is 16.2 Å². The number of nitrogens with zero attached hydrogens (tertiary/aromatic N) is 4. The number of imidazole rings is 1. The molecule has 4 N–H and O–H groups in total. The van der Waals surface area contributed by atoms with Gasteiger partial charge in [0.15, 0.2) is 4.96 Å². The number of nitrogens with two attached hydrogens (primary N) is 2. The number of hydrogen-bond donors (Lipinski definition) is 2. The zero-order chi connectivity index (χ0) is 15.7. The van der Waals surface area contributed by atoms with Crippen LogP contribution in [-0.2, 0) is 0 Å². The van der Waals surface area contributed by atoms with Crippen molar-refractivity contribution in [2.24, 2.45) is 21.7 Å². The third-order valence-electron chi connectivity index (χ3n) is 2.85.